The molecule has 0 spiro atoms. The number of amides is 1. The number of piperazine rings is 1. The third kappa shape index (κ3) is 4.05. The van der Waals surface area contributed by atoms with Crippen LogP contribution in [-0.2, 0) is 0 Å². The third-order valence-electron chi connectivity index (χ3n) is 4.75. The third-order valence-corrected chi connectivity index (χ3v) is 5.49. The van der Waals surface area contributed by atoms with Gasteiger partial charge in [-0.15, -0.1) is 0 Å². The summed E-state index contributed by atoms with van der Waals surface area (Å²) in [4.78, 5) is 23.5. The Bertz CT molecular complexity index is 577. The van der Waals surface area contributed by atoms with Crippen LogP contribution in [0, 0.1) is 0 Å². The van der Waals surface area contributed by atoms with E-state index >= 15 is 0 Å². The molecule has 1 atom stereocenters. The fourth-order valence-corrected chi connectivity index (χ4v) is 3.99. The van der Waals surface area contributed by atoms with Crippen molar-refractivity contribution in [3.8, 4) is 0 Å². The van der Waals surface area contributed by atoms with Crippen molar-refractivity contribution < 1.29 is 4.79 Å². The van der Waals surface area contributed by atoms with E-state index in [4.69, 9.17) is 11.6 Å². The Morgan fingerprint density at radius 3 is 2.74 bits per heavy atom. The Morgan fingerprint density at radius 1 is 1.30 bits per heavy atom. The average molecular weight is 402 g/mol. The van der Waals surface area contributed by atoms with Crippen molar-refractivity contribution in [1.29, 1.82) is 0 Å². The molecule has 0 bridgehead atoms. The van der Waals surface area contributed by atoms with Crippen LogP contribution < -0.4 is 0 Å². The van der Waals surface area contributed by atoms with E-state index in [1.807, 2.05) is 4.90 Å². The minimum absolute atomic E-state index is 0.0239. The Labute approximate surface area is 150 Å². The monoisotopic (exact) mass is 400 g/mol. The zero-order valence-corrected chi connectivity index (χ0v) is 15.7. The highest BCUT2D eigenvalue weighted by Gasteiger charge is 2.29. The van der Waals surface area contributed by atoms with Crippen molar-refractivity contribution in [2.45, 2.75) is 18.9 Å². The summed E-state index contributed by atoms with van der Waals surface area (Å²) in [5, 5.41) is 0.273. The molecule has 2 aliphatic heterocycles. The lowest BCUT2D eigenvalue weighted by Gasteiger charge is -2.42. The summed E-state index contributed by atoms with van der Waals surface area (Å²) < 4.78 is 0.772. The molecular weight excluding hydrogens is 380 g/mol. The highest BCUT2D eigenvalue weighted by molar-refractivity contribution is 9.10. The van der Waals surface area contributed by atoms with Crippen LogP contribution in [0.3, 0.4) is 0 Å². The predicted octanol–water partition coefficient (Wildman–Crippen LogP) is 2.35. The quantitative estimate of drug-likeness (QED) is 0.713. The number of nitrogens with zero attached hydrogens (tertiary/aromatic N) is 4. The second-order valence-electron chi connectivity index (χ2n) is 6.38. The van der Waals surface area contributed by atoms with Crippen LogP contribution in [0.1, 0.15) is 23.2 Å². The summed E-state index contributed by atoms with van der Waals surface area (Å²) in [6.07, 6.45) is 4.13. The fraction of sp³-hybridized carbons (Fsp3) is 0.625. The Morgan fingerprint density at radius 2 is 2.04 bits per heavy atom. The maximum Gasteiger partial charge on any atom is 0.257 e. The van der Waals surface area contributed by atoms with Crippen LogP contribution >= 0.6 is 27.5 Å². The number of likely N-dealkylation sites (tertiary alicyclic amines) is 1. The van der Waals surface area contributed by atoms with Gasteiger partial charge in [-0.3, -0.25) is 9.69 Å². The molecular formula is C16H22BrClN4O. The molecule has 5 nitrogen and oxygen atoms in total. The molecule has 0 aromatic carbocycles. The maximum absolute atomic E-state index is 12.7. The zero-order chi connectivity index (χ0) is 16.4. The van der Waals surface area contributed by atoms with Crippen LogP contribution in [0.4, 0.5) is 0 Å². The van der Waals surface area contributed by atoms with Gasteiger partial charge < -0.3 is 9.80 Å². The van der Waals surface area contributed by atoms with E-state index in [9.17, 15) is 4.79 Å². The molecule has 7 heteroatoms. The topological polar surface area (TPSA) is 39.7 Å². The van der Waals surface area contributed by atoms with Crippen molar-refractivity contribution in [2.75, 3.05) is 46.3 Å². The summed E-state index contributed by atoms with van der Waals surface area (Å²) >= 11 is 9.43. The molecule has 3 rings (SSSR count). The van der Waals surface area contributed by atoms with Gasteiger partial charge in [0, 0.05) is 49.4 Å². The van der Waals surface area contributed by atoms with Crippen LogP contribution in [0.2, 0.25) is 5.15 Å². The molecule has 126 valence electrons. The molecule has 2 saturated heterocycles. The van der Waals surface area contributed by atoms with Crippen molar-refractivity contribution in [2.24, 2.45) is 0 Å². The first-order chi connectivity index (χ1) is 11.0. The lowest BCUT2D eigenvalue weighted by Crippen LogP contribution is -2.55. The van der Waals surface area contributed by atoms with Gasteiger partial charge in [-0.2, -0.15) is 0 Å². The number of rotatable bonds is 2. The number of aromatic nitrogens is 1. The maximum atomic E-state index is 12.7. The van der Waals surface area contributed by atoms with E-state index in [2.05, 4.69) is 37.8 Å². The van der Waals surface area contributed by atoms with Gasteiger partial charge in [-0.1, -0.05) is 11.6 Å². The lowest BCUT2D eigenvalue weighted by molar-refractivity contribution is 0.0452. The van der Waals surface area contributed by atoms with Gasteiger partial charge in [-0.05, 0) is 48.4 Å². The highest BCUT2D eigenvalue weighted by Crippen LogP contribution is 2.22. The highest BCUT2D eigenvalue weighted by atomic mass is 79.9. The van der Waals surface area contributed by atoms with E-state index < -0.39 is 0 Å². The number of piperidine rings is 1. The zero-order valence-electron chi connectivity index (χ0n) is 13.3. The summed E-state index contributed by atoms with van der Waals surface area (Å²) in [6, 6.07) is 2.38. The summed E-state index contributed by atoms with van der Waals surface area (Å²) in [5.74, 6) is -0.0239. The molecule has 2 aliphatic rings. The van der Waals surface area contributed by atoms with Crippen molar-refractivity contribution >= 4 is 33.4 Å². The normalized spacial score (nSPS) is 24.0. The van der Waals surface area contributed by atoms with E-state index in [0.29, 0.717) is 11.6 Å². The van der Waals surface area contributed by atoms with Crippen molar-refractivity contribution in [1.82, 2.24) is 19.7 Å². The first-order valence-electron chi connectivity index (χ1n) is 8.07. The Kier molecular flexibility index (Phi) is 5.57. The van der Waals surface area contributed by atoms with Gasteiger partial charge in [0.2, 0.25) is 0 Å². The van der Waals surface area contributed by atoms with Gasteiger partial charge in [0.05, 0.1) is 5.56 Å². The van der Waals surface area contributed by atoms with Crippen LogP contribution in [0.15, 0.2) is 16.7 Å². The Hall–Kier alpha value is -0.690. The number of carbonyl (C=O) groups excluding carboxylic acids is 1. The largest absolute Gasteiger partial charge is 0.336 e. The molecule has 3 heterocycles. The molecule has 1 amide bonds. The van der Waals surface area contributed by atoms with Gasteiger partial charge in [0.25, 0.3) is 5.91 Å². The van der Waals surface area contributed by atoms with Gasteiger partial charge in [0.1, 0.15) is 5.15 Å². The second-order valence-corrected chi connectivity index (χ2v) is 7.65. The average Bonchev–Trinajstić information content (AvgIpc) is 2.56. The van der Waals surface area contributed by atoms with E-state index in [-0.39, 0.29) is 11.1 Å². The molecule has 1 aromatic rings. The number of halogens is 2. The van der Waals surface area contributed by atoms with Gasteiger partial charge >= 0.3 is 0 Å². The molecule has 0 radical (unpaired) electrons. The van der Waals surface area contributed by atoms with E-state index in [1.165, 1.54) is 19.4 Å². The van der Waals surface area contributed by atoms with Crippen LogP contribution in [0.25, 0.3) is 0 Å². The predicted molar refractivity (Wildman–Crippen MR) is 94.9 cm³/mol. The minimum atomic E-state index is -0.0239. The van der Waals surface area contributed by atoms with Crippen molar-refractivity contribution in [3.05, 3.63) is 27.5 Å². The number of hydrogen-bond acceptors (Lipinski definition) is 4. The second kappa shape index (κ2) is 7.47. The lowest BCUT2D eigenvalue weighted by atomic mass is 10.0. The van der Waals surface area contributed by atoms with E-state index in [1.54, 1.807) is 12.3 Å². The first kappa shape index (κ1) is 17.1. The number of carbonyl (C=O) groups is 1. The van der Waals surface area contributed by atoms with Crippen LogP contribution in [-0.4, -0.2) is 77.9 Å². The molecule has 0 saturated carbocycles. The van der Waals surface area contributed by atoms with Crippen molar-refractivity contribution in [3.63, 3.8) is 0 Å². The summed E-state index contributed by atoms with van der Waals surface area (Å²) in [5.41, 5.74) is 0.479. The molecule has 1 aromatic heterocycles. The van der Waals surface area contributed by atoms with E-state index in [0.717, 1.165) is 37.2 Å². The summed E-state index contributed by atoms with van der Waals surface area (Å²) in [7, 11) is 2.19. The molecule has 2 fully saturated rings. The minimum Gasteiger partial charge on any atom is -0.336 e. The Balaban J connectivity index is 1.60. The van der Waals surface area contributed by atoms with Gasteiger partial charge in [0.15, 0.2) is 0 Å². The summed E-state index contributed by atoms with van der Waals surface area (Å²) in [6.45, 7) is 5.70. The number of hydrogen-bond donors (Lipinski definition) is 0. The van der Waals surface area contributed by atoms with Gasteiger partial charge in [-0.25, -0.2) is 4.98 Å². The molecule has 0 aliphatic carbocycles. The fourth-order valence-electron chi connectivity index (χ4n) is 3.47. The van der Waals surface area contributed by atoms with Crippen LogP contribution in [0.5, 0.6) is 0 Å². The molecule has 1 unspecified atom stereocenters. The molecule has 23 heavy (non-hydrogen) atoms. The molecule has 0 N–H and O–H groups in total. The number of pyridine rings is 1. The number of likely N-dealkylation sites (N-methyl/N-ethyl adjacent to an activating group) is 1. The smallest absolute Gasteiger partial charge is 0.257 e. The SMILES string of the molecule is CN1CCCC(N2CCN(C(=O)c3cc(Br)cnc3Cl)CC2)C1. The first-order valence-corrected chi connectivity index (χ1v) is 9.24. The standard InChI is InChI=1S/C16H22BrClN4O/c1-20-4-2-3-13(11-20)21-5-7-22(8-6-21)16(23)14-9-12(17)10-19-15(14)18/h9-10,13H,2-8,11H2,1H3.